The summed E-state index contributed by atoms with van der Waals surface area (Å²) < 4.78 is 22.9. The molecule has 0 amide bonds. The molecule has 25 heavy (non-hydrogen) atoms. The molecule has 0 bridgehead atoms. The van der Waals surface area contributed by atoms with Gasteiger partial charge in [-0.2, -0.15) is 0 Å². The number of rotatable bonds is 8. The maximum Gasteiger partial charge on any atom is 0.193 e. The second kappa shape index (κ2) is 9.24. The van der Waals surface area contributed by atoms with Crippen LogP contribution in [0.25, 0.3) is 0 Å². The molecular formula is C19H39N3O2S. The summed E-state index contributed by atoms with van der Waals surface area (Å²) in [5.41, 5.74) is 0.251. The second-order valence-electron chi connectivity index (χ2n) is 8.80. The van der Waals surface area contributed by atoms with Gasteiger partial charge < -0.3 is 10.2 Å². The molecule has 1 unspecified atom stereocenters. The van der Waals surface area contributed by atoms with Crippen molar-refractivity contribution in [2.24, 2.45) is 15.8 Å². The van der Waals surface area contributed by atoms with Crippen LogP contribution >= 0.6 is 0 Å². The summed E-state index contributed by atoms with van der Waals surface area (Å²) in [6.07, 6.45) is 6.91. The number of likely N-dealkylation sites (tertiary alicyclic amines) is 1. The van der Waals surface area contributed by atoms with Gasteiger partial charge in [0.1, 0.15) is 9.84 Å². The molecule has 1 aliphatic rings. The van der Waals surface area contributed by atoms with E-state index in [4.69, 9.17) is 4.99 Å². The van der Waals surface area contributed by atoms with E-state index >= 15 is 0 Å². The normalized spacial score (nSPS) is 23.0. The third kappa shape index (κ3) is 8.43. The molecule has 5 nitrogen and oxygen atoms in total. The lowest BCUT2D eigenvalue weighted by Gasteiger charge is -2.42. The highest BCUT2D eigenvalue weighted by molar-refractivity contribution is 7.90. The number of piperidine rings is 1. The Morgan fingerprint density at radius 2 is 2.00 bits per heavy atom. The summed E-state index contributed by atoms with van der Waals surface area (Å²) in [6.45, 7) is 14.5. The molecule has 1 heterocycles. The van der Waals surface area contributed by atoms with Crippen molar-refractivity contribution >= 4 is 15.8 Å². The Balaban J connectivity index is 2.78. The van der Waals surface area contributed by atoms with E-state index in [9.17, 15) is 8.42 Å². The van der Waals surface area contributed by atoms with Crippen molar-refractivity contribution in [3.05, 3.63) is 0 Å². The van der Waals surface area contributed by atoms with E-state index in [1.54, 1.807) is 0 Å². The average molecular weight is 374 g/mol. The van der Waals surface area contributed by atoms with Crippen LogP contribution in [-0.2, 0) is 9.84 Å². The zero-order chi connectivity index (χ0) is 19.1. The predicted molar refractivity (Wildman–Crippen MR) is 108 cm³/mol. The van der Waals surface area contributed by atoms with E-state index in [1.807, 2.05) is 0 Å². The number of aliphatic imine (C=N–C) groups is 1. The molecule has 0 aromatic rings. The third-order valence-electron chi connectivity index (χ3n) is 5.08. The number of guanidine groups is 1. The fourth-order valence-electron chi connectivity index (χ4n) is 3.56. The maximum absolute atomic E-state index is 11.4. The first-order valence-electron chi connectivity index (χ1n) is 9.71. The first-order valence-corrected chi connectivity index (χ1v) is 11.8. The number of nitrogens with one attached hydrogen (secondary N) is 1. The van der Waals surface area contributed by atoms with Crippen molar-refractivity contribution in [2.75, 3.05) is 38.2 Å². The molecule has 0 aliphatic carbocycles. The summed E-state index contributed by atoms with van der Waals surface area (Å²) in [6, 6.07) is 0. The van der Waals surface area contributed by atoms with Gasteiger partial charge in [-0.3, -0.25) is 4.99 Å². The van der Waals surface area contributed by atoms with Crippen molar-refractivity contribution in [1.29, 1.82) is 0 Å². The minimum absolute atomic E-state index is 0.119. The molecular weight excluding hydrogens is 334 g/mol. The molecule has 1 N–H and O–H groups in total. The van der Waals surface area contributed by atoms with Crippen molar-refractivity contribution in [2.45, 2.75) is 66.7 Å². The Hall–Kier alpha value is -0.780. The summed E-state index contributed by atoms with van der Waals surface area (Å²) >= 11 is 0. The van der Waals surface area contributed by atoms with Gasteiger partial charge in [0.15, 0.2) is 5.96 Å². The highest BCUT2D eigenvalue weighted by Gasteiger charge is 2.31. The van der Waals surface area contributed by atoms with Crippen LogP contribution in [0.3, 0.4) is 0 Å². The van der Waals surface area contributed by atoms with Gasteiger partial charge in [0.2, 0.25) is 0 Å². The minimum Gasteiger partial charge on any atom is -0.357 e. The van der Waals surface area contributed by atoms with Gasteiger partial charge in [0.25, 0.3) is 0 Å². The van der Waals surface area contributed by atoms with E-state index in [0.29, 0.717) is 18.4 Å². The Morgan fingerprint density at radius 1 is 1.32 bits per heavy atom. The minimum atomic E-state index is -2.92. The van der Waals surface area contributed by atoms with Gasteiger partial charge in [-0.05, 0) is 43.4 Å². The molecule has 6 heteroatoms. The quantitative estimate of drug-likeness (QED) is 0.524. The molecule has 0 radical (unpaired) electrons. The van der Waals surface area contributed by atoms with Gasteiger partial charge in [-0.1, -0.05) is 34.1 Å². The van der Waals surface area contributed by atoms with Crippen LogP contribution in [0.15, 0.2) is 4.99 Å². The average Bonchev–Trinajstić information content (AvgIpc) is 2.49. The zero-order valence-electron chi connectivity index (χ0n) is 17.2. The van der Waals surface area contributed by atoms with Gasteiger partial charge in [-0.25, -0.2) is 8.42 Å². The fraction of sp³-hybridized carbons (Fsp3) is 0.947. The van der Waals surface area contributed by atoms with Crippen molar-refractivity contribution in [3.8, 4) is 0 Å². The SMILES string of the molecule is CCCC1(C)CCCN(C(=NCC(C)(C)CCS(C)(=O)=O)NCC)C1. The van der Waals surface area contributed by atoms with Crippen LogP contribution in [0.5, 0.6) is 0 Å². The molecule has 148 valence electrons. The number of sulfone groups is 1. The Labute approximate surface area is 155 Å². The highest BCUT2D eigenvalue weighted by Crippen LogP contribution is 2.34. The smallest absolute Gasteiger partial charge is 0.193 e. The van der Waals surface area contributed by atoms with Crippen molar-refractivity contribution in [1.82, 2.24) is 10.2 Å². The van der Waals surface area contributed by atoms with Crippen LogP contribution in [-0.4, -0.2) is 57.5 Å². The molecule has 1 aliphatic heterocycles. The monoisotopic (exact) mass is 373 g/mol. The van der Waals surface area contributed by atoms with E-state index < -0.39 is 9.84 Å². The van der Waals surface area contributed by atoms with Crippen LogP contribution in [0.2, 0.25) is 0 Å². The second-order valence-corrected chi connectivity index (χ2v) is 11.1. The van der Waals surface area contributed by atoms with E-state index in [2.05, 4.69) is 44.8 Å². The molecule has 0 saturated carbocycles. The summed E-state index contributed by atoms with van der Waals surface area (Å²) in [4.78, 5) is 7.27. The Morgan fingerprint density at radius 3 is 2.56 bits per heavy atom. The summed E-state index contributed by atoms with van der Waals surface area (Å²) in [5, 5.41) is 3.43. The topological polar surface area (TPSA) is 61.8 Å². The number of hydrogen-bond donors (Lipinski definition) is 1. The van der Waals surface area contributed by atoms with Crippen molar-refractivity contribution < 1.29 is 8.42 Å². The zero-order valence-corrected chi connectivity index (χ0v) is 18.0. The predicted octanol–water partition coefficient (Wildman–Crippen LogP) is 3.32. The van der Waals surface area contributed by atoms with Gasteiger partial charge in [0.05, 0.1) is 5.75 Å². The first kappa shape index (κ1) is 22.3. The number of hydrogen-bond acceptors (Lipinski definition) is 3. The van der Waals surface area contributed by atoms with E-state index in [0.717, 1.165) is 25.6 Å². The molecule has 0 aromatic heterocycles. The van der Waals surface area contributed by atoms with Crippen LogP contribution < -0.4 is 5.32 Å². The largest absolute Gasteiger partial charge is 0.357 e. The molecule has 1 saturated heterocycles. The first-order chi connectivity index (χ1) is 11.5. The molecule has 1 fully saturated rings. The lowest BCUT2D eigenvalue weighted by atomic mass is 9.78. The lowest BCUT2D eigenvalue weighted by Crippen LogP contribution is -2.50. The maximum atomic E-state index is 11.4. The highest BCUT2D eigenvalue weighted by atomic mass is 32.2. The fourth-order valence-corrected chi connectivity index (χ4v) is 4.48. The summed E-state index contributed by atoms with van der Waals surface area (Å²) in [5.74, 6) is 1.21. The van der Waals surface area contributed by atoms with Gasteiger partial charge >= 0.3 is 0 Å². The molecule has 1 atom stereocenters. The molecule has 0 aromatic carbocycles. The molecule has 0 spiro atoms. The summed E-state index contributed by atoms with van der Waals surface area (Å²) in [7, 11) is -2.92. The van der Waals surface area contributed by atoms with Crippen LogP contribution in [0, 0.1) is 10.8 Å². The number of nitrogens with zero attached hydrogens (tertiary/aromatic N) is 2. The third-order valence-corrected chi connectivity index (χ3v) is 6.02. The lowest BCUT2D eigenvalue weighted by molar-refractivity contribution is 0.142. The van der Waals surface area contributed by atoms with E-state index in [1.165, 1.54) is 31.9 Å². The Kier molecular flexibility index (Phi) is 8.23. The van der Waals surface area contributed by atoms with Gasteiger partial charge in [-0.15, -0.1) is 0 Å². The molecule has 1 rings (SSSR count). The van der Waals surface area contributed by atoms with E-state index in [-0.39, 0.29) is 11.2 Å². The Bertz CT molecular complexity index is 539. The van der Waals surface area contributed by atoms with Crippen LogP contribution in [0.4, 0.5) is 0 Å². The van der Waals surface area contributed by atoms with Gasteiger partial charge in [0, 0.05) is 32.4 Å². The standard InChI is InChI=1S/C19H39N3O2S/c1-7-10-19(5)11-9-13-22(16-19)17(20-8-2)21-15-18(3,4)12-14-25(6,23)24/h7-16H2,1-6H3,(H,20,21). The van der Waals surface area contributed by atoms with Crippen molar-refractivity contribution in [3.63, 3.8) is 0 Å². The van der Waals surface area contributed by atoms with Crippen LogP contribution in [0.1, 0.15) is 66.7 Å².